The number of hydrogen-bond acceptors (Lipinski definition) is 7. The second kappa shape index (κ2) is 9.15. The number of aliphatic imine (C=N–C) groups is 1. The molecule has 0 spiro atoms. The first-order valence-electron chi connectivity index (χ1n) is 10.9. The van der Waals surface area contributed by atoms with E-state index in [1.165, 1.54) is 26.1 Å². The predicted molar refractivity (Wildman–Crippen MR) is 126 cm³/mol. The van der Waals surface area contributed by atoms with Crippen LogP contribution in [0.5, 0.6) is 5.75 Å². The van der Waals surface area contributed by atoms with Gasteiger partial charge in [0.25, 0.3) is 5.91 Å². The van der Waals surface area contributed by atoms with Crippen LogP contribution in [0.1, 0.15) is 35.0 Å². The Bertz CT molecular complexity index is 1320. The molecule has 4 N–H and O–H groups in total. The average molecular weight is 544 g/mol. The first kappa shape index (κ1) is 26.6. The molecule has 0 saturated heterocycles. The highest BCUT2D eigenvalue weighted by Gasteiger charge is 2.70. The molecule has 2 amide bonds. The van der Waals surface area contributed by atoms with Gasteiger partial charge in [-0.05, 0) is 38.0 Å². The summed E-state index contributed by atoms with van der Waals surface area (Å²) in [5.41, 5.74) is 4.31. The molecule has 2 aromatic rings. The molecule has 2 heterocycles. The van der Waals surface area contributed by atoms with Crippen molar-refractivity contribution in [2.24, 2.45) is 16.6 Å². The van der Waals surface area contributed by atoms with E-state index in [4.69, 9.17) is 5.73 Å². The minimum Gasteiger partial charge on any atom is -0.482 e. The summed E-state index contributed by atoms with van der Waals surface area (Å²) in [6.07, 6.45) is -3.26. The molecule has 1 fully saturated rings. The molecule has 1 aromatic heterocycles. The van der Waals surface area contributed by atoms with E-state index in [1.807, 2.05) is 0 Å². The Morgan fingerprint density at radius 3 is 2.59 bits per heavy atom. The van der Waals surface area contributed by atoms with Crippen LogP contribution in [0, 0.1) is 24.5 Å². The molecule has 4 rings (SSSR count). The van der Waals surface area contributed by atoms with E-state index in [1.54, 1.807) is 6.92 Å². The van der Waals surface area contributed by atoms with Crippen LogP contribution in [0.15, 0.2) is 29.4 Å². The molecule has 2 aliphatic rings. The van der Waals surface area contributed by atoms with Crippen molar-refractivity contribution in [3.63, 3.8) is 0 Å². The standard InChI is InChI=1S/C23H22F5N5O3S/c1-10-4-12(36-9-23(26,27)28)8-31-17(10)18(34)32-11-5-13(16(25)14(24)6-11)21(2)15-7-22(15,19(35)30-3)37-20(29)33-21/h4-6,8,15H,7,9H2,1-3H3,(H2,29,33)(H,30,35)(H,32,34)/t15-,21+,22-/m0/s1. The fourth-order valence-electron chi connectivity index (χ4n) is 4.53. The van der Waals surface area contributed by atoms with Crippen molar-refractivity contribution in [1.29, 1.82) is 0 Å². The number of fused-ring (bicyclic) bond motifs is 1. The summed E-state index contributed by atoms with van der Waals surface area (Å²) in [4.78, 5) is 33.5. The molecule has 37 heavy (non-hydrogen) atoms. The number of rotatable bonds is 6. The van der Waals surface area contributed by atoms with Gasteiger partial charge in [-0.25, -0.2) is 13.8 Å². The van der Waals surface area contributed by atoms with Gasteiger partial charge in [-0.1, -0.05) is 11.8 Å². The Morgan fingerprint density at radius 1 is 1.27 bits per heavy atom. The lowest BCUT2D eigenvalue weighted by Crippen LogP contribution is -2.43. The van der Waals surface area contributed by atoms with Crippen molar-refractivity contribution in [3.05, 3.63) is 52.9 Å². The van der Waals surface area contributed by atoms with Gasteiger partial charge in [0.15, 0.2) is 23.4 Å². The molecule has 0 unspecified atom stereocenters. The van der Waals surface area contributed by atoms with Gasteiger partial charge in [-0.3, -0.25) is 14.6 Å². The molecule has 14 heteroatoms. The number of aromatic nitrogens is 1. The molecule has 3 atom stereocenters. The first-order chi connectivity index (χ1) is 17.2. The molecular weight excluding hydrogens is 521 g/mol. The topological polar surface area (TPSA) is 119 Å². The van der Waals surface area contributed by atoms with E-state index in [2.05, 4.69) is 25.3 Å². The zero-order valence-corrected chi connectivity index (χ0v) is 20.6. The first-order valence-corrected chi connectivity index (χ1v) is 11.8. The van der Waals surface area contributed by atoms with Crippen molar-refractivity contribution >= 4 is 34.4 Å². The summed E-state index contributed by atoms with van der Waals surface area (Å²) in [5.74, 6) is -4.24. The van der Waals surface area contributed by atoms with E-state index in [-0.39, 0.29) is 39.3 Å². The lowest BCUT2D eigenvalue weighted by molar-refractivity contribution is -0.153. The highest BCUT2D eigenvalue weighted by Crippen LogP contribution is 2.66. The third kappa shape index (κ3) is 4.93. The third-order valence-electron chi connectivity index (χ3n) is 6.33. The molecular formula is C23H22F5N5O3S. The number of nitrogens with zero attached hydrogens (tertiary/aromatic N) is 2. The average Bonchev–Trinajstić information content (AvgIpc) is 3.55. The van der Waals surface area contributed by atoms with Crippen LogP contribution in [0.4, 0.5) is 27.6 Å². The molecule has 8 nitrogen and oxygen atoms in total. The van der Waals surface area contributed by atoms with Crippen molar-refractivity contribution in [2.45, 2.75) is 36.7 Å². The molecule has 198 valence electrons. The number of carbonyl (C=O) groups is 2. The number of thioether (sulfide) groups is 1. The summed E-state index contributed by atoms with van der Waals surface area (Å²) >= 11 is 1.07. The monoisotopic (exact) mass is 543 g/mol. The number of nitrogens with two attached hydrogens (primary N) is 1. The molecule has 0 radical (unpaired) electrons. The Labute approximate surface area is 212 Å². The lowest BCUT2D eigenvalue weighted by Gasteiger charge is -2.33. The number of nitrogens with one attached hydrogen (secondary N) is 2. The number of pyridine rings is 1. The lowest BCUT2D eigenvalue weighted by atomic mass is 9.85. The molecule has 1 saturated carbocycles. The van der Waals surface area contributed by atoms with Gasteiger partial charge in [0.05, 0.1) is 11.7 Å². The summed E-state index contributed by atoms with van der Waals surface area (Å²) < 4.78 is 70.5. The molecule has 1 aliphatic carbocycles. The number of alkyl halides is 3. The molecule has 1 aliphatic heterocycles. The molecule has 1 aromatic carbocycles. The fraction of sp³-hybridized carbons (Fsp3) is 0.391. The number of carbonyl (C=O) groups excluding carboxylic acids is 2. The molecule has 0 bridgehead atoms. The van der Waals surface area contributed by atoms with Gasteiger partial charge in [0.1, 0.15) is 16.2 Å². The number of halogens is 5. The van der Waals surface area contributed by atoms with E-state index in [0.717, 1.165) is 24.0 Å². The van der Waals surface area contributed by atoms with Crippen LogP contribution in [0.3, 0.4) is 0 Å². The van der Waals surface area contributed by atoms with Crippen molar-refractivity contribution < 1.29 is 36.3 Å². The summed E-state index contributed by atoms with van der Waals surface area (Å²) in [7, 11) is 1.47. The van der Waals surface area contributed by atoms with Crippen molar-refractivity contribution in [2.75, 3.05) is 19.0 Å². The van der Waals surface area contributed by atoms with Gasteiger partial charge < -0.3 is 21.1 Å². The maximum atomic E-state index is 15.1. The van der Waals surface area contributed by atoms with Crippen LogP contribution >= 0.6 is 11.8 Å². The quantitative estimate of drug-likeness (QED) is 0.479. The minimum absolute atomic E-state index is 0.0433. The third-order valence-corrected chi connectivity index (χ3v) is 7.63. The van der Waals surface area contributed by atoms with Gasteiger partial charge >= 0.3 is 6.18 Å². The van der Waals surface area contributed by atoms with Crippen LogP contribution in [0.2, 0.25) is 0 Å². The number of anilines is 1. The van der Waals surface area contributed by atoms with Gasteiger partial charge in [-0.15, -0.1) is 0 Å². The van der Waals surface area contributed by atoms with Crippen LogP contribution in [-0.2, 0) is 10.3 Å². The maximum absolute atomic E-state index is 15.1. The van der Waals surface area contributed by atoms with E-state index in [9.17, 15) is 27.2 Å². The summed E-state index contributed by atoms with van der Waals surface area (Å²) in [6.45, 7) is 1.45. The number of benzene rings is 1. The largest absolute Gasteiger partial charge is 0.482 e. The number of amides is 2. The highest BCUT2D eigenvalue weighted by atomic mass is 32.2. The van der Waals surface area contributed by atoms with Crippen LogP contribution < -0.4 is 21.1 Å². The fourth-order valence-corrected chi connectivity index (χ4v) is 5.96. The highest BCUT2D eigenvalue weighted by molar-refractivity contribution is 8.15. The van der Waals surface area contributed by atoms with Gasteiger partial charge in [0.2, 0.25) is 5.91 Å². The zero-order chi connectivity index (χ0) is 27.3. The second-order valence-electron chi connectivity index (χ2n) is 8.94. The van der Waals surface area contributed by atoms with Crippen molar-refractivity contribution in [3.8, 4) is 5.75 Å². The summed E-state index contributed by atoms with van der Waals surface area (Å²) in [6, 6.07) is 3.19. The zero-order valence-electron chi connectivity index (χ0n) is 19.8. The second-order valence-corrected chi connectivity index (χ2v) is 10.3. The Kier molecular flexibility index (Phi) is 6.59. The SMILES string of the molecule is CNC(=O)[C@]12C[C@H]1[C@@](C)(c1cc(NC(=O)c3ncc(OCC(F)(F)F)cc3C)cc(F)c1F)N=C(N)S2. The van der Waals surface area contributed by atoms with E-state index in [0.29, 0.717) is 6.42 Å². The smallest absolute Gasteiger partial charge is 0.422 e. The van der Waals surface area contributed by atoms with E-state index < -0.39 is 46.5 Å². The minimum atomic E-state index is -4.54. The number of hydrogen-bond donors (Lipinski definition) is 3. The maximum Gasteiger partial charge on any atom is 0.422 e. The number of aryl methyl sites for hydroxylation is 1. The van der Waals surface area contributed by atoms with Crippen LogP contribution in [0.25, 0.3) is 0 Å². The van der Waals surface area contributed by atoms with E-state index >= 15 is 4.39 Å². The Balaban J connectivity index is 1.61. The Morgan fingerprint density at radius 2 is 1.97 bits per heavy atom. The normalized spacial score (nSPS) is 24.5. The number of amidine groups is 1. The Hall–Kier alpha value is -3.42. The summed E-state index contributed by atoms with van der Waals surface area (Å²) in [5, 5.41) is 5.04. The van der Waals surface area contributed by atoms with Crippen LogP contribution in [-0.4, -0.2) is 46.5 Å². The van der Waals surface area contributed by atoms with Gasteiger partial charge in [-0.2, -0.15) is 13.2 Å². The van der Waals surface area contributed by atoms with Crippen molar-refractivity contribution in [1.82, 2.24) is 10.3 Å². The predicted octanol–water partition coefficient (Wildman–Crippen LogP) is 3.64. The number of ether oxygens (including phenoxy) is 1. The van der Waals surface area contributed by atoms with Gasteiger partial charge in [0, 0.05) is 30.3 Å².